The van der Waals surface area contributed by atoms with E-state index in [1.807, 2.05) is 13.8 Å². The van der Waals surface area contributed by atoms with Crippen LogP contribution in [0.4, 0.5) is 0 Å². The molecule has 3 aromatic heterocycles. The van der Waals surface area contributed by atoms with Crippen LogP contribution in [0.15, 0.2) is 140 Å². The molecule has 0 N–H and O–H groups in total. The molecule has 3 heterocycles. The zero-order chi connectivity index (χ0) is 30.8. The van der Waals surface area contributed by atoms with E-state index in [0.717, 1.165) is 49.7 Å². The van der Waals surface area contributed by atoms with Gasteiger partial charge in [0.2, 0.25) is 5.95 Å². The lowest BCUT2D eigenvalue weighted by Crippen LogP contribution is -2.07. The van der Waals surface area contributed by atoms with Gasteiger partial charge in [0.05, 0.1) is 27.8 Å². The number of hydrogen-bond donors (Lipinski definition) is 0. The SMILES string of the molecule is Cc1nc(C)nc(-n2c3ccccc3c3ccc4c5ccccc5n(-c5cc(-c6ccccc6)ccc5-c5ccccc5)c4c32)n1. The molecule has 0 fully saturated rings. The quantitative estimate of drug-likeness (QED) is 0.205. The fourth-order valence-electron chi connectivity index (χ4n) is 7.05. The van der Waals surface area contributed by atoms with Gasteiger partial charge in [0, 0.05) is 27.1 Å². The van der Waals surface area contributed by atoms with Crippen molar-refractivity contribution in [1.82, 2.24) is 24.1 Å². The fraction of sp³-hybridized carbons (Fsp3) is 0.0488. The highest BCUT2D eigenvalue weighted by atomic mass is 15.2. The van der Waals surface area contributed by atoms with E-state index < -0.39 is 0 Å². The molecule has 6 aromatic carbocycles. The van der Waals surface area contributed by atoms with Crippen LogP contribution in [0.2, 0.25) is 0 Å². The van der Waals surface area contributed by atoms with Crippen molar-refractivity contribution in [2.24, 2.45) is 0 Å². The molecule has 46 heavy (non-hydrogen) atoms. The molecule has 0 saturated carbocycles. The van der Waals surface area contributed by atoms with Gasteiger partial charge in [-0.25, -0.2) is 4.98 Å². The molecule has 218 valence electrons. The van der Waals surface area contributed by atoms with Crippen LogP contribution in [0.3, 0.4) is 0 Å². The number of aromatic nitrogens is 5. The molecule has 5 nitrogen and oxygen atoms in total. The number of rotatable bonds is 4. The summed E-state index contributed by atoms with van der Waals surface area (Å²) >= 11 is 0. The topological polar surface area (TPSA) is 48.5 Å². The number of nitrogens with zero attached hydrogens (tertiary/aromatic N) is 5. The van der Waals surface area contributed by atoms with Gasteiger partial charge in [-0.05, 0) is 48.7 Å². The summed E-state index contributed by atoms with van der Waals surface area (Å²) in [6.45, 7) is 3.86. The van der Waals surface area contributed by atoms with Gasteiger partial charge in [0.15, 0.2) is 0 Å². The maximum Gasteiger partial charge on any atom is 0.238 e. The van der Waals surface area contributed by atoms with Crippen LogP contribution < -0.4 is 0 Å². The molecule has 0 amide bonds. The van der Waals surface area contributed by atoms with Crippen molar-refractivity contribution >= 4 is 43.6 Å². The Bertz CT molecular complexity index is 2570. The van der Waals surface area contributed by atoms with Crippen molar-refractivity contribution < 1.29 is 0 Å². The lowest BCUT2D eigenvalue weighted by atomic mass is 9.98. The molecular formula is C41H29N5. The van der Waals surface area contributed by atoms with Gasteiger partial charge < -0.3 is 4.57 Å². The van der Waals surface area contributed by atoms with Crippen LogP contribution in [-0.4, -0.2) is 24.1 Å². The van der Waals surface area contributed by atoms with Crippen molar-refractivity contribution in [3.8, 4) is 33.9 Å². The van der Waals surface area contributed by atoms with E-state index in [1.54, 1.807) is 0 Å². The van der Waals surface area contributed by atoms with Gasteiger partial charge in [-0.15, -0.1) is 0 Å². The average Bonchev–Trinajstić information content (AvgIpc) is 3.61. The summed E-state index contributed by atoms with van der Waals surface area (Å²) in [6, 6.07) is 49.9. The molecule has 9 aromatic rings. The van der Waals surface area contributed by atoms with Crippen LogP contribution in [0.1, 0.15) is 11.6 Å². The Morgan fingerprint density at radius 1 is 0.413 bits per heavy atom. The predicted molar refractivity (Wildman–Crippen MR) is 189 cm³/mol. The van der Waals surface area contributed by atoms with Crippen molar-refractivity contribution in [3.63, 3.8) is 0 Å². The zero-order valence-corrected chi connectivity index (χ0v) is 25.5. The van der Waals surface area contributed by atoms with Crippen molar-refractivity contribution in [2.75, 3.05) is 0 Å². The Kier molecular flexibility index (Phi) is 5.87. The standard InChI is InChI=1S/C41H29N5/c1-26-42-27(2)44-41(43-26)46-37-20-12-10-18-33(37)35-24-23-34-32-17-9-11-19-36(32)45(39(34)40(35)46)38-25-30(28-13-5-3-6-14-28)21-22-31(38)29-15-7-4-8-16-29/h3-25H,1-2H3. The van der Waals surface area contributed by atoms with Gasteiger partial charge in [-0.1, -0.05) is 121 Å². The van der Waals surface area contributed by atoms with E-state index in [9.17, 15) is 0 Å². The van der Waals surface area contributed by atoms with Crippen LogP contribution in [-0.2, 0) is 0 Å². The number of fused-ring (bicyclic) bond motifs is 7. The van der Waals surface area contributed by atoms with Gasteiger partial charge in [-0.3, -0.25) is 4.57 Å². The normalized spacial score (nSPS) is 11.7. The van der Waals surface area contributed by atoms with E-state index in [4.69, 9.17) is 9.97 Å². The first-order valence-electron chi connectivity index (χ1n) is 15.6. The first-order chi connectivity index (χ1) is 22.7. The third kappa shape index (κ3) is 3.99. The molecule has 0 saturated heterocycles. The highest BCUT2D eigenvalue weighted by Gasteiger charge is 2.23. The Morgan fingerprint density at radius 2 is 0.935 bits per heavy atom. The van der Waals surface area contributed by atoms with Crippen molar-refractivity contribution in [3.05, 3.63) is 151 Å². The first-order valence-corrected chi connectivity index (χ1v) is 15.6. The molecule has 0 aliphatic rings. The summed E-state index contributed by atoms with van der Waals surface area (Å²) in [5, 5.41) is 4.69. The minimum atomic E-state index is 0.627. The van der Waals surface area contributed by atoms with E-state index >= 15 is 0 Å². The predicted octanol–water partition coefficient (Wildman–Crippen LogP) is 10.0. The van der Waals surface area contributed by atoms with E-state index in [1.165, 1.54) is 21.9 Å². The fourth-order valence-corrected chi connectivity index (χ4v) is 7.05. The summed E-state index contributed by atoms with van der Waals surface area (Å²) in [7, 11) is 0. The maximum absolute atomic E-state index is 4.89. The molecule has 0 atom stereocenters. The second kappa shape index (κ2) is 10.2. The third-order valence-corrected chi connectivity index (χ3v) is 8.95. The van der Waals surface area contributed by atoms with Gasteiger partial charge in [0.1, 0.15) is 11.6 Å². The van der Waals surface area contributed by atoms with E-state index in [0.29, 0.717) is 17.6 Å². The van der Waals surface area contributed by atoms with Gasteiger partial charge in [0.25, 0.3) is 0 Å². The summed E-state index contributed by atoms with van der Waals surface area (Å²) in [4.78, 5) is 14.3. The molecule has 5 heteroatoms. The summed E-state index contributed by atoms with van der Waals surface area (Å²) < 4.78 is 4.69. The molecule has 0 spiro atoms. The zero-order valence-electron chi connectivity index (χ0n) is 25.5. The third-order valence-electron chi connectivity index (χ3n) is 8.95. The Hall–Kier alpha value is -6.07. The molecule has 9 rings (SSSR count). The average molecular weight is 592 g/mol. The highest BCUT2D eigenvalue weighted by Crippen LogP contribution is 2.43. The highest BCUT2D eigenvalue weighted by molar-refractivity contribution is 6.23. The van der Waals surface area contributed by atoms with E-state index in [2.05, 4.69) is 154 Å². The largest absolute Gasteiger partial charge is 0.307 e. The lowest BCUT2D eigenvalue weighted by molar-refractivity contribution is 0.864. The molecule has 0 aliphatic carbocycles. The summed E-state index contributed by atoms with van der Waals surface area (Å²) in [5.41, 5.74) is 10.2. The number of aryl methyl sites for hydroxylation is 2. The number of para-hydroxylation sites is 2. The van der Waals surface area contributed by atoms with Crippen molar-refractivity contribution in [2.45, 2.75) is 13.8 Å². The Labute approximate surface area is 266 Å². The van der Waals surface area contributed by atoms with Gasteiger partial charge >= 0.3 is 0 Å². The minimum Gasteiger partial charge on any atom is -0.307 e. The smallest absolute Gasteiger partial charge is 0.238 e. The molecule has 0 unspecified atom stereocenters. The maximum atomic E-state index is 4.89. The number of hydrogen-bond acceptors (Lipinski definition) is 3. The Morgan fingerprint density at radius 3 is 1.57 bits per heavy atom. The van der Waals surface area contributed by atoms with Crippen LogP contribution in [0.25, 0.3) is 77.5 Å². The second-order valence-electron chi connectivity index (χ2n) is 11.8. The molecular weight excluding hydrogens is 562 g/mol. The van der Waals surface area contributed by atoms with E-state index in [-0.39, 0.29) is 0 Å². The van der Waals surface area contributed by atoms with Crippen LogP contribution >= 0.6 is 0 Å². The first kappa shape index (κ1) is 26.3. The van der Waals surface area contributed by atoms with Crippen LogP contribution in [0.5, 0.6) is 0 Å². The molecule has 0 radical (unpaired) electrons. The van der Waals surface area contributed by atoms with Crippen molar-refractivity contribution in [1.29, 1.82) is 0 Å². The second-order valence-corrected chi connectivity index (χ2v) is 11.8. The van der Waals surface area contributed by atoms with Crippen LogP contribution in [0, 0.1) is 13.8 Å². The molecule has 0 bridgehead atoms. The summed E-state index contributed by atoms with van der Waals surface area (Å²) in [5.74, 6) is 2.02. The minimum absolute atomic E-state index is 0.627. The lowest BCUT2D eigenvalue weighted by Gasteiger charge is -2.17. The Balaban J connectivity index is 1.51. The monoisotopic (exact) mass is 591 g/mol. The molecule has 0 aliphatic heterocycles. The van der Waals surface area contributed by atoms with Gasteiger partial charge in [-0.2, -0.15) is 9.97 Å². The number of benzene rings is 6. The summed E-state index contributed by atoms with van der Waals surface area (Å²) in [6.07, 6.45) is 0.